The van der Waals surface area contributed by atoms with E-state index in [-0.39, 0.29) is 12.4 Å². The molecule has 4 rings (SSSR count). The minimum absolute atomic E-state index is 0.228. The molecular weight excluding hydrogens is 460 g/mol. The highest BCUT2D eigenvalue weighted by atomic mass is 79.9. The normalized spacial score (nSPS) is 10.8. The summed E-state index contributed by atoms with van der Waals surface area (Å²) in [6, 6.07) is 19.8. The van der Waals surface area contributed by atoms with Crippen molar-refractivity contribution >= 4 is 38.8 Å². The Labute approximate surface area is 187 Å². The first-order valence-electron chi connectivity index (χ1n) is 9.76. The van der Waals surface area contributed by atoms with Gasteiger partial charge >= 0.3 is 11.9 Å². The summed E-state index contributed by atoms with van der Waals surface area (Å²) >= 11 is 3.44. The van der Waals surface area contributed by atoms with Crippen LogP contribution in [0.15, 0.2) is 75.6 Å². The molecule has 0 radical (unpaired) electrons. The number of rotatable bonds is 5. The van der Waals surface area contributed by atoms with Crippen molar-refractivity contribution in [3.63, 3.8) is 0 Å². The molecule has 4 aromatic rings. The second-order valence-electron chi connectivity index (χ2n) is 6.88. The van der Waals surface area contributed by atoms with E-state index in [1.165, 1.54) is 0 Å². The summed E-state index contributed by atoms with van der Waals surface area (Å²) in [5, 5.41) is 0.507. The average Bonchev–Trinajstić information content (AvgIpc) is 3.13. The number of carbonyl (C=O) groups excluding carboxylic acids is 2. The maximum Gasteiger partial charge on any atom is 0.343 e. The van der Waals surface area contributed by atoms with Crippen LogP contribution in [0.1, 0.15) is 33.2 Å². The van der Waals surface area contributed by atoms with E-state index in [4.69, 9.17) is 13.9 Å². The van der Waals surface area contributed by atoms with E-state index < -0.39 is 11.9 Å². The van der Waals surface area contributed by atoms with Gasteiger partial charge in [0, 0.05) is 10.9 Å². The zero-order valence-corrected chi connectivity index (χ0v) is 18.6. The highest BCUT2D eigenvalue weighted by molar-refractivity contribution is 9.10. The third-order valence-corrected chi connectivity index (χ3v) is 5.45. The third kappa shape index (κ3) is 4.11. The van der Waals surface area contributed by atoms with Crippen LogP contribution in [-0.4, -0.2) is 18.5 Å². The molecule has 0 aliphatic carbocycles. The first-order chi connectivity index (χ1) is 15.0. The molecule has 0 fully saturated rings. The maximum absolute atomic E-state index is 12.8. The Kier molecular flexibility index (Phi) is 5.91. The molecule has 156 valence electrons. The van der Waals surface area contributed by atoms with Crippen molar-refractivity contribution in [1.82, 2.24) is 0 Å². The van der Waals surface area contributed by atoms with E-state index in [0.29, 0.717) is 32.3 Å². The lowest BCUT2D eigenvalue weighted by Crippen LogP contribution is -2.10. The van der Waals surface area contributed by atoms with Crippen LogP contribution in [0, 0.1) is 6.92 Å². The van der Waals surface area contributed by atoms with E-state index >= 15 is 0 Å². The smallest absolute Gasteiger partial charge is 0.343 e. The predicted molar refractivity (Wildman–Crippen MR) is 121 cm³/mol. The summed E-state index contributed by atoms with van der Waals surface area (Å²) in [7, 11) is 0. The molecule has 0 atom stereocenters. The molecule has 31 heavy (non-hydrogen) atoms. The molecule has 5 nitrogen and oxygen atoms in total. The number of hydrogen-bond acceptors (Lipinski definition) is 5. The highest BCUT2D eigenvalue weighted by Crippen LogP contribution is 2.39. The van der Waals surface area contributed by atoms with Crippen LogP contribution in [0.3, 0.4) is 0 Å². The van der Waals surface area contributed by atoms with Gasteiger partial charge in [0.05, 0.1) is 16.6 Å². The molecule has 0 aliphatic heterocycles. The molecule has 3 aromatic carbocycles. The number of halogens is 1. The van der Waals surface area contributed by atoms with Gasteiger partial charge in [0.1, 0.15) is 22.7 Å². The summed E-state index contributed by atoms with van der Waals surface area (Å²) in [5.74, 6) is -0.295. The van der Waals surface area contributed by atoms with Crippen LogP contribution in [0.4, 0.5) is 0 Å². The van der Waals surface area contributed by atoms with Crippen LogP contribution in [0.2, 0.25) is 0 Å². The van der Waals surface area contributed by atoms with Crippen LogP contribution >= 0.6 is 15.9 Å². The SMILES string of the molecule is CCOC(=O)c1c(-c2ccccc2)oc2cc(Br)c(OC(=O)c3ccccc3C)cc12. The Balaban J connectivity index is 1.83. The van der Waals surface area contributed by atoms with Crippen LogP contribution in [0.25, 0.3) is 22.3 Å². The van der Waals surface area contributed by atoms with Crippen molar-refractivity contribution in [1.29, 1.82) is 0 Å². The Hall–Kier alpha value is -3.38. The van der Waals surface area contributed by atoms with Gasteiger partial charge in [0.2, 0.25) is 0 Å². The maximum atomic E-state index is 12.8. The molecule has 0 amide bonds. The van der Waals surface area contributed by atoms with Crippen LogP contribution < -0.4 is 4.74 Å². The fourth-order valence-corrected chi connectivity index (χ4v) is 3.74. The molecule has 0 N–H and O–H groups in total. The van der Waals surface area contributed by atoms with Crippen molar-refractivity contribution in [2.45, 2.75) is 13.8 Å². The molecule has 0 saturated heterocycles. The zero-order chi connectivity index (χ0) is 22.0. The average molecular weight is 479 g/mol. The molecule has 0 spiro atoms. The van der Waals surface area contributed by atoms with E-state index in [0.717, 1.165) is 11.1 Å². The van der Waals surface area contributed by atoms with Gasteiger partial charge in [0.15, 0.2) is 0 Å². The minimum atomic E-state index is -0.501. The number of aryl methyl sites for hydroxylation is 1. The molecule has 0 unspecified atom stereocenters. The molecule has 1 heterocycles. The summed E-state index contributed by atoms with van der Waals surface area (Å²) in [4.78, 5) is 25.5. The number of benzene rings is 3. The summed E-state index contributed by atoms with van der Waals surface area (Å²) in [6.07, 6.45) is 0. The Bertz CT molecular complexity index is 1270. The lowest BCUT2D eigenvalue weighted by atomic mass is 10.1. The number of ether oxygens (including phenoxy) is 2. The quantitative estimate of drug-likeness (QED) is 0.239. The zero-order valence-electron chi connectivity index (χ0n) is 17.0. The lowest BCUT2D eigenvalue weighted by molar-refractivity contribution is 0.0528. The van der Waals surface area contributed by atoms with Gasteiger partial charge in [-0.25, -0.2) is 9.59 Å². The molecule has 0 bridgehead atoms. The molecular formula is C25H19BrO5. The third-order valence-electron chi connectivity index (χ3n) is 4.83. The van der Waals surface area contributed by atoms with Crippen molar-refractivity contribution in [3.8, 4) is 17.1 Å². The number of carbonyl (C=O) groups is 2. The Morgan fingerprint density at radius 2 is 1.68 bits per heavy atom. The first-order valence-corrected chi connectivity index (χ1v) is 10.5. The van der Waals surface area contributed by atoms with Crippen molar-refractivity contribution < 1.29 is 23.5 Å². The molecule has 1 aromatic heterocycles. The van der Waals surface area contributed by atoms with Crippen LogP contribution in [-0.2, 0) is 4.74 Å². The van der Waals surface area contributed by atoms with Crippen molar-refractivity contribution in [3.05, 3.63) is 87.9 Å². The van der Waals surface area contributed by atoms with E-state index in [1.807, 2.05) is 49.4 Å². The molecule has 6 heteroatoms. The van der Waals surface area contributed by atoms with Gasteiger partial charge in [0.25, 0.3) is 0 Å². The van der Waals surface area contributed by atoms with Crippen molar-refractivity contribution in [2.24, 2.45) is 0 Å². The van der Waals surface area contributed by atoms with Gasteiger partial charge in [-0.2, -0.15) is 0 Å². The van der Waals surface area contributed by atoms with Gasteiger partial charge in [-0.1, -0.05) is 48.5 Å². The monoisotopic (exact) mass is 478 g/mol. The van der Waals surface area contributed by atoms with E-state index in [9.17, 15) is 9.59 Å². The van der Waals surface area contributed by atoms with Gasteiger partial charge in [-0.3, -0.25) is 0 Å². The number of esters is 2. The highest BCUT2D eigenvalue weighted by Gasteiger charge is 2.25. The van der Waals surface area contributed by atoms with Crippen LogP contribution in [0.5, 0.6) is 5.75 Å². The first kappa shape index (κ1) is 20.9. The van der Waals surface area contributed by atoms with Crippen molar-refractivity contribution in [2.75, 3.05) is 6.61 Å². The minimum Gasteiger partial charge on any atom is -0.462 e. The van der Waals surface area contributed by atoms with E-state index in [1.54, 1.807) is 31.2 Å². The van der Waals surface area contributed by atoms with Gasteiger partial charge in [-0.05, 0) is 53.5 Å². The lowest BCUT2D eigenvalue weighted by Gasteiger charge is -2.09. The molecule has 0 aliphatic rings. The Morgan fingerprint density at radius 1 is 0.968 bits per heavy atom. The second kappa shape index (κ2) is 8.78. The standard InChI is InChI=1S/C25H19BrO5/c1-3-29-25(28)22-18-13-21(31-24(27)17-12-8-7-9-15(17)2)19(26)14-20(18)30-23(22)16-10-5-4-6-11-16/h4-14H,3H2,1-2H3. The summed E-state index contributed by atoms with van der Waals surface area (Å²) < 4.78 is 17.5. The number of hydrogen-bond donors (Lipinski definition) is 0. The van der Waals surface area contributed by atoms with Gasteiger partial charge < -0.3 is 13.9 Å². The largest absolute Gasteiger partial charge is 0.462 e. The predicted octanol–water partition coefficient (Wildman–Crippen LogP) is 6.57. The fourth-order valence-electron chi connectivity index (χ4n) is 3.33. The fraction of sp³-hybridized carbons (Fsp3) is 0.120. The Morgan fingerprint density at radius 3 is 2.39 bits per heavy atom. The summed E-state index contributed by atoms with van der Waals surface area (Å²) in [6.45, 7) is 3.82. The topological polar surface area (TPSA) is 65.7 Å². The molecule has 0 saturated carbocycles. The number of fused-ring (bicyclic) bond motifs is 1. The van der Waals surface area contributed by atoms with E-state index in [2.05, 4.69) is 15.9 Å². The summed E-state index contributed by atoms with van der Waals surface area (Å²) in [5.41, 5.74) is 2.80. The number of furan rings is 1. The second-order valence-corrected chi connectivity index (χ2v) is 7.73. The van der Waals surface area contributed by atoms with Gasteiger partial charge in [-0.15, -0.1) is 0 Å².